The summed E-state index contributed by atoms with van der Waals surface area (Å²) in [7, 11) is 1.24. The van der Waals surface area contributed by atoms with E-state index in [4.69, 9.17) is 38.6 Å². The van der Waals surface area contributed by atoms with Crippen molar-refractivity contribution in [2.24, 2.45) is 0 Å². The first kappa shape index (κ1) is 15.9. The van der Waals surface area contributed by atoms with E-state index in [1.165, 1.54) is 0 Å². The molecule has 0 saturated heterocycles. The van der Waals surface area contributed by atoms with E-state index in [1.807, 2.05) is 0 Å². The van der Waals surface area contributed by atoms with Gasteiger partial charge in [0, 0.05) is 10.7 Å². The van der Waals surface area contributed by atoms with E-state index in [1.54, 1.807) is 0 Å². The van der Waals surface area contributed by atoms with Gasteiger partial charge in [-0.1, -0.05) is 23.2 Å². The zero-order valence-corrected chi connectivity index (χ0v) is 13.3. The maximum absolute atomic E-state index is 12.0. The Kier molecular flexibility index (Phi) is 4.84. The molecule has 0 atom stereocenters. The second kappa shape index (κ2) is 6.10. The molecule has 110 valence electrons. The van der Waals surface area contributed by atoms with Gasteiger partial charge in [0.1, 0.15) is 6.10 Å². The Morgan fingerprint density at radius 3 is 2.35 bits per heavy atom. The third-order valence-corrected chi connectivity index (χ3v) is 5.21. The summed E-state index contributed by atoms with van der Waals surface area (Å²) < 4.78 is 27.9. The highest BCUT2D eigenvalue weighted by Gasteiger charge is 2.24. The molecule has 0 aromatic heterocycles. The number of halogens is 3. The van der Waals surface area contributed by atoms with Gasteiger partial charge in [-0.15, -0.1) is 0 Å². The van der Waals surface area contributed by atoms with Crippen molar-refractivity contribution in [3.8, 4) is 0 Å². The summed E-state index contributed by atoms with van der Waals surface area (Å²) in [5.41, 5.74) is -0.0923. The molecule has 0 radical (unpaired) electrons. The molecular weight excluding hydrogens is 347 g/mol. The summed E-state index contributed by atoms with van der Waals surface area (Å²) >= 11 is 11.7. The lowest BCUT2D eigenvalue weighted by Gasteiger charge is -2.13. The van der Waals surface area contributed by atoms with Crippen LogP contribution in [0.15, 0.2) is 17.0 Å². The summed E-state index contributed by atoms with van der Waals surface area (Å²) in [4.78, 5) is 11.8. The molecule has 0 bridgehead atoms. The smallest absolute Gasteiger partial charge is 0.340 e. The van der Waals surface area contributed by atoms with Crippen molar-refractivity contribution >= 4 is 48.9 Å². The minimum absolute atomic E-state index is 0.0428. The largest absolute Gasteiger partial charge is 0.459 e. The van der Waals surface area contributed by atoms with Crippen molar-refractivity contribution in [3.05, 3.63) is 27.7 Å². The first-order chi connectivity index (χ1) is 9.29. The van der Waals surface area contributed by atoms with Crippen LogP contribution in [-0.4, -0.2) is 20.5 Å². The van der Waals surface area contributed by atoms with E-state index < -0.39 is 15.0 Å². The second-order valence-corrected chi connectivity index (χ2v) is 7.87. The molecule has 2 rings (SSSR count). The van der Waals surface area contributed by atoms with Gasteiger partial charge >= 0.3 is 5.97 Å². The molecule has 1 aliphatic carbocycles. The highest BCUT2D eigenvalue weighted by Crippen LogP contribution is 2.32. The Hall–Kier alpha value is -0.490. The summed E-state index contributed by atoms with van der Waals surface area (Å²) in [5.74, 6) is -0.689. The SMILES string of the molecule is O=C(OC1CCCC1)c1cc(S(=O)(=O)Cl)cc(Cl)c1Cl. The first-order valence-corrected chi connectivity index (χ1v) is 9.00. The van der Waals surface area contributed by atoms with Gasteiger partial charge in [0.15, 0.2) is 0 Å². The molecular formula is C12H11Cl3O4S. The Bertz CT molecular complexity index is 636. The molecule has 1 fully saturated rings. The number of ether oxygens (including phenoxy) is 1. The second-order valence-electron chi connectivity index (χ2n) is 4.52. The van der Waals surface area contributed by atoms with E-state index in [-0.39, 0.29) is 26.6 Å². The van der Waals surface area contributed by atoms with Gasteiger partial charge in [-0.3, -0.25) is 0 Å². The van der Waals surface area contributed by atoms with Crippen molar-refractivity contribution in [2.75, 3.05) is 0 Å². The molecule has 0 N–H and O–H groups in total. The van der Waals surface area contributed by atoms with E-state index >= 15 is 0 Å². The molecule has 0 amide bonds. The van der Waals surface area contributed by atoms with Gasteiger partial charge in [-0.25, -0.2) is 13.2 Å². The first-order valence-electron chi connectivity index (χ1n) is 5.93. The average molecular weight is 358 g/mol. The zero-order valence-electron chi connectivity index (χ0n) is 10.2. The van der Waals surface area contributed by atoms with Gasteiger partial charge in [-0.05, 0) is 37.8 Å². The summed E-state index contributed by atoms with van der Waals surface area (Å²) in [6.07, 6.45) is 3.44. The molecule has 0 spiro atoms. The Morgan fingerprint density at radius 1 is 1.20 bits per heavy atom. The van der Waals surface area contributed by atoms with E-state index in [9.17, 15) is 13.2 Å². The minimum Gasteiger partial charge on any atom is -0.459 e. The van der Waals surface area contributed by atoms with Crippen LogP contribution in [0.3, 0.4) is 0 Å². The normalized spacial score (nSPS) is 16.4. The molecule has 1 aliphatic rings. The summed E-state index contributed by atoms with van der Waals surface area (Å²) in [5, 5.41) is -0.106. The fraction of sp³-hybridized carbons (Fsp3) is 0.417. The number of rotatable bonds is 3. The third-order valence-electron chi connectivity index (χ3n) is 3.08. The van der Waals surface area contributed by atoms with Crippen LogP contribution < -0.4 is 0 Å². The molecule has 1 aromatic rings. The number of hydrogen-bond donors (Lipinski definition) is 0. The summed E-state index contributed by atoms with van der Waals surface area (Å²) in [6.45, 7) is 0. The number of carbonyl (C=O) groups is 1. The van der Waals surface area contributed by atoms with Gasteiger partial charge in [0.25, 0.3) is 9.05 Å². The standard InChI is InChI=1S/C12H11Cl3O4S/c13-10-6-8(20(15,17)18)5-9(11(10)14)12(16)19-7-3-1-2-4-7/h5-7H,1-4H2. The quantitative estimate of drug-likeness (QED) is 0.605. The lowest BCUT2D eigenvalue weighted by molar-refractivity contribution is 0.0318. The van der Waals surface area contributed by atoms with Gasteiger partial charge < -0.3 is 4.74 Å². The summed E-state index contributed by atoms with van der Waals surface area (Å²) in [6, 6.07) is 2.17. The number of esters is 1. The molecule has 1 aromatic carbocycles. The molecule has 20 heavy (non-hydrogen) atoms. The van der Waals surface area contributed by atoms with Crippen LogP contribution in [-0.2, 0) is 13.8 Å². The number of hydrogen-bond acceptors (Lipinski definition) is 4. The maximum atomic E-state index is 12.0. The van der Waals surface area contributed by atoms with Gasteiger partial charge in [0.2, 0.25) is 0 Å². The number of benzene rings is 1. The van der Waals surface area contributed by atoms with Crippen LogP contribution in [0.1, 0.15) is 36.0 Å². The topological polar surface area (TPSA) is 60.4 Å². The highest BCUT2D eigenvalue weighted by atomic mass is 35.7. The fourth-order valence-electron chi connectivity index (χ4n) is 2.07. The van der Waals surface area contributed by atoms with Crippen LogP contribution in [0, 0.1) is 0 Å². The predicted octanol–water partition coefficient (Wildman–Crippen LogP) is 4.02. The average Bonchev–Trinajstić information content (AvgIpc) is 2.83. The van der Waals surface area contributed by atoms with Crippen LogP contribution >= 0.6 is 33.9 Å². The zero-order chi connectivity index (χ0) is 14.9. The van der Waals surface area contributed by atoms with Crippen molar-refractivity contribution in [1.29, 1.82) is 0 Å². The Labute approximate surface area is 131 Å². The van der Waals surface area contributed by atoms with Crippen molar-refractivity contribution < 1.29 is 17.9 Å². The van der Waals surface area contributed by atoms with Crippen LogP contribution in [0.5, 0.6) is 0 Å². The molecule has 0 heterocycles. The van der Waals surface area contributed by atoms with Crippen molar-refractivity contribution in [1.82, 2.24) is 0 Å². The monoisotopic (exact) mass is 356 g/mol. The van der Waals surface area contributed by atoms with Gasteiger partial charge in [0.05, 0.1) is 20.5 Å². The molecule has 8 heteroatoms. The minimum atomic E-state index is -4.00. The van der Waals surface area contributed by atoms with E-state index in [0.717, 1.165) is 37.8 Å². The molecule has 0 aliphatic heterocycles. The molecule has 4 nitrogen and oxygen atoms in total. The lowest BCUT2D eigenvalue weighted by atomic mass is 10.2. The fourth-order valence-corrected chi connectivity index (χ4v) is 3.33. The lowest BCUT2D eigenvalue weighted by Crippen LogP contribution is -2.15. The highest BCUT2D eigenvalue weighted by molar-refractivity contribution is 8.13. The van der Waals surface area contributed by atoms with Crippen LogP contribution in [0.4, 0.5) is 0 Å². The predicted molar refractivity (Wildman–Crippen MR) is 77.2 cm³/mol. The van der Waals surface area contributed by atoms with Crippen molar-refractivity contribution in [2.45, 2.75) is 36.7 Å². The van der Waals surface area contributed by atoms with Crippen LogP contribution in [0.25, 0.3) is 0 Å². The third kappa shape index (κ3) is 3.58. The Morgan fingerprint density at radius 2 is 1.80 bits per heavy atom. The van der Waals surface area contributed by atoms with E-state index in [0.29, 0.717) is 0 Å². The van der Waals surface area contributed by atoms with E-state index in [2.05, 4.69) is 0 Å². The Balaban J connectivity index is 2.34. The number of carbonyl (C=O) groups excluding carboxylic acids is 1. The maximum Gasteiger partial charge on any atom is 0.340 e. The van der Waals surface area contributed by atoms with Gasteiger partial charge in [-0.2, -0.15) is 0 Å². The van der Waals surface area contributed by atoms with Crippen molar-refractivity contribution in [3.63, 3.8) is 0 Å². The molecule has 1 saturated carbocycles. The van der Waals surface area contributed by atoms with Crippen LogP contribution in [0.2, 0.25) is 10.0 Å². The molecule has 0 unspecified atom stereocenters.